The number of hydrogen-bond donors (Lipinski definition) is 14. The van der Waals surface area contributed by atoms with Crippen molar-refractivity contribution in [3.63, 3.8) is 0 Å². The van der Waals surface area contributed by atoms with Crippen molar-refractivity contribution in [2.45, 2.75) is 336 Å². The maximum absolute atomic E-state index is 13.4. The van der Waals surface area contributed by atoms with E-state index in [2.05, 4.69) is 48.8 Å². The number of carboxylic acids is 1. The molecule has 0 radical (unpaired) electrons. The molecule has 508 valence electrons. The Morgan fingerprint density at radius 3 is 1.67 bits per heavy atom. The zero-order valence-corrected chi connectivity index (χ0v) is 52.6. The number of allylic oxidation sites excluding steroid dienone is 4. The molecule has 3 rings (SSSR count). The van der Waals surface area contributed by atoms with Gasteiger partial charge in [0.2, 0.25) is 11.8 Å². The second-order valence-corrected chi connectivity index (χ2v) is 24.3. The summed E-state index contributed by atoms with van der Waals surface area (Å²) in [7, 11) is 0. The van der Waals surface area contributed by atoms with Crippen LogP contribution in [0, 0.1) is 0 Å². The summed E-state index contributed by atoms with van der Waals surface area (Å²) >= 11 is 0. The van der Waals surface area contributed by atoms with Crippen LogP contribution >= 0.6 is 0 Å². The summed E-state index contributed by atoms with van der Waals surface area (Å²) in [6, 6.07) is -2.53. The van der Waals surface area contributed by atoms with Crippen LogP contribution in [0.5, 0.6) is 0 Å². The Morgan fingerprint density at radius 1 is 0.609 bits per heavy atom. The number of aliphatic hydroxyl groups excluding tert-OH is 11. The lowest BCUT2D eigenvalue weighted by molar-refractivity contribution is -0.386. The fraction of sp³-hybridized carbons (Fsp3) is 0.891. The molecule has 0 aliphatic carbocycles. The third-order valence-corrected chi connectivity index (χ3v) is 16.9. The van der Waals surface area contributed by atoms with E-state index in [1.807, 2.05) is 0 Å². The van der Waals surface area contributed by atoms with Crippen LogP contribution in [0.1, 0.15) is 226 Å². The van der Waals surface area contributed by atoms with Gasteiger partial charge in [-0.1, -0.05) is 192 Å². The number of nitrogens with one attached hydrogen (secondary N) is 2. The van der Waals surface area contributed by atoms with E-state index >= 15 is 0 Å². The number of carbonyl (C=O) groups is 3. The number of ether oxygens (including phenoxy) is 6. The molecule has 23 nitrogen and oxygen atoms in total. The van der Waals surface area contributed by atoms with Gasteiger partial charge in [-0.25, -0.2) is 4.79 Å². The van der Waals surface area contributed by atoms with Crippen LogP contribution in [0.15, 0.2) is 24.3 Å². The summed E-state index contributed by atoms with van der Waals surface area (Å²) in [6.07, 6.45) is 13.4. The van der Waals surface area contributed by atoms with Gasteiger partial charge in [-0.2, -0.15) is 0 Å². The third kappa shape index (κ3) is 28.7. The lowest BCUT2D eigenvalue weighted by Crippen LogP contribution is -2.70. The van der Waals surface area contributed by atoms with Gasteiger partial charge >= 0.3 is 5.97 Å². The number of aliphatic carboxylic acids is 1. The van der Waals surface area contributed by atoms with Gasteiger partial charge in [0.25, 0.3) is 5.79 Å². The van der Waals surface area contributed by atoms with E-state index in [-0.39, 0.29) is 18.9 Å². The smallest absolute Gasteiger partial charge is 0.364 e. The number of carbonyl (C=O) groups excluding carboxylic acids is 2. The maximum atomic E-state index is 13.4. The molecule has 14 N–H and O–H groups in total. The average Bonchev–Trinajstić information content (AvgIpc) is 2.10. The zero-order valence-electron chi connectivity index (χ0n) is 52.6. The van der Waals surface area contributed by atoms with Crippen molar-refractivity contribution in [2.75, 3.05) is 26.4 Å². The molecule has 3 aliphatic rings. The summed E-state index contributed by atoms with van der Waals surface area (Å²) in [5, 5.41) is 136. The van der Waals surface area contributed by atoms with Crippen LogP contribution in [0.3, 0.4) is 0 Å². The first-order valence-electron chi connectivity index (χ1n) is 33.2. The molecule has 87 heavy (non-hydrogen) atoms. The monoisotopic (exact) mass is 1250 g/mol. The molecule has 18 atom stereocenters. The zero-order chi connectivity index (χ0) is 64.0. The Balaban J connectivity index is 1.59. The molecule has 3 saturated heterocycles. The number of aliphatic hydroxyl groups is 11. The number of amides is 2. The molecule has 0 bridgehead atoms. The van der Waals surface area contributed by atoms with Gasteiger partial charge in [-0.15, -0.1) is 0 Å². The summed E-state index contributed by atoms with van der Waals surface area (Å²) in [4.78, 5) is 38.5. The van der Waals surface area contributed by atoms with Gasteiger partial charge in [0.05, 0.1) is 50.7 Å². The predicted octanol–water partition coefficient (Wildman–Crippen LogP) is 4.89. The topological polar surface area (TPSA) is 373 Å². The molecule has 0 aromatic heterocycles. The second-order valence-electron chi connectivity index (χ2n) is 24.3. The molecular formula is C64H116N2O21. The van der Waals surface area contributed by atoms with Crippen LogP contribution in [0.25, 0.3) is 0 Å². The Bertz CT molecular complexity index is 1870. The van der Waals surface area contributed by atoms with E-state index < -0.39 is 148 Å². The van der Waals surface area contributed by atoms with Crippen molar-refractivity contribution in [1.82, 2.24) is 10.6 Å². The summed E-state index contributed by atoms with van der Waals surface area (Å²) in [6.45, 7) is 2.08. The number of unbranched alkanes of at least 4 members (excludes halogenated alkanes) is 25. The van der Waals surface area contributed by atoms with E-state index in [9.17, 15) is 75.7 Å². The van der Waals surface area contributed by atoms with Crippen molar-refractivity contribution in [2.24, 2.45) is 0 Å². The minimum atomic E-state index is -3.08. The van der Waals surface area contributed by atoms with Gasteiger partial charge in [-0.05, 0) is 38.5 Å². The lowest BCUT2D eigenvalue weighted by atomic mass is 9.88. The van der Waals surface area contributed by atoms with Crippen molar-refractivity contribution in [1.29, 1.82) is 0 Å². The lowest BCUT2D eigenvalue weighted by Gasteiger charge is -2.50. The van der Waals surface area contributed by atoms with E-state index in [0.29, 0.717) is 19.3 Å². The Hall–Kier alpha value is -2.79. The number of hydrogen-bond acceptors (Lipinski definition) is 20. The van der Waals surface area contributed by atoms with Crippen LogP contribution < -0.4 is 10.6 Å². The molecule has 0 saturated carbocycles. The van der Waals surface area contributed by atoms with Crippen molar-refractivity contribution in [3.8, 4) is 0 Å². The highest BCUT2D eigenvalue weighted by molar-refractivity contribution is 5.77. The van der Waals surface area contributed by atoms with E-state index in [0.717, 1.165) is 71.1 Å². The largest absolute Gasteiger partial charge is 0.477 e. The molecule has 0 aromatic carbocycles. The normalized spacial score (nSPS) is 29.3. The van der Waals surface area contributed by atoms with E-state index in [4.69, 9.17) is 28.4 Å². The van der Waals surface area contributed by atoms with Crippen molar-refractivity contribution in [3.05, 3.63) is 24.3 Å². The summed E-state index contributed by atoms with van der Waals surface area (Å²) < 4.78 is 34.8. The average molecular weight is 1250 g/mol. The Labute approximate surface area is 517 Å². The minimum absolute atomic E-state index is 0.223. The van der Waals surface area contributed by atoms with Crippen LogP contribution in [0.2, 0.25) is 0 Å². The fourth-order valence-electron chi connectivity index (χ4n) is 11.6. The Kier molecular flexibility index (Phi) is 41.0. The Morgan fingerprint density at radius 2 is 1.14 bits per heavy atom. The molecular weight excluding hydrogens is 1130 g/mol. The van der Waals surface area contributed by atoms with Gasteiger partial charge in [0.1, 0.15) is 67.1 Å². The fourth-order valence-corrected chi connectivity index (χ4v) is 11.6. The predicted molar refractivity (Wildman–Crippen MR) is 324 cm³/mol. The third-order valence-electron chi connectivity index (χ3n) is 16.9. The van der Waals surface area contributed by atoms with Gasteiger partial charge in [0, 0.05) is 19.8 Å². The first kappa shape index (κ1) is 78.5. The molecule has 23 heteroatoms. The first-order valence-corrected chi connectivity index (χ1v) is 33.2. The number of carboxylic acid groups (broad SMARTS) is 1. The quantitative estimate of drug-likeness (QED) is 0.0285. The minimum Gasteiger partial charge on any atom is -0.477 e. The first-order chi connectivity index (χ1) is 41.9. The van der Waals surface area contributed by atoms with Crippen molar-refractivity contribution >= 4 is 17.8 Å². The molecule has 18 unspecified atom stereocenters. The molecule has 0 spiro atoms. The van der Waals surface area contributed by atoms with Gasteiger partial charge in [0.15, 0.2) is 12.6 Å². The summed E-state index contributed by atoms with van der Waals surface area (Å²) in [5.74, 6) is -6.10. The molecule has 3 heterocycles. The van der Waals surface area contributed by atoms with Crippen LogP contribution in [-0.2, 0) is 42.8 Å². The highest BCUT2D eigenvalue weighted by Gasteiger charge is 2.60. The van der Waals surface area contributed by atoms with Crippen LogP contribution in [-0.4, -0.2) is 215 Å². The highest BCUT2D eigenvalue weighted by Crippen LogP contribution is 2.39. The number of rotatable bonds is 49. The van der Waals surface area contributed by atoms with Crippen LogP contribution in [0.4, 0.5) is 0 Å². The second kappa shape index (κ2) is 45.5. The molecule has 2 amide bonds. The van der Waals surface area contributed by atoms with Crippen molar-refractivity contribution < 1.29 is 104 Å². The SMILES string of the molecule is CC/C=C\C/C=C\CCCCCCCCCCCCCCCCC(=O)NC(COC1OC(CO)C(OC2OC(CO)C(O)C(OC3(C(=O)O)CC(O)C(NC(C)=O)C(C(O)C(O)CO)O3)C2O)C(O)C1O)C(O)CCCCCCCCCCCCCC. The summed E-state index contributed by atoms with van der Waals surface area (Å²) in [5.41, 5.74) is 0. The molecule has 3 fully saturated rings. The highest BCUT2D eigenvalue weighted by atomic mass is 16.8. The van der Waals surface area contributed by atoms with Gasteiger partial charge in [-0.3, -0.25) is 9.59 Å². The maximum Gasteiger partial charge on any atom is 0.364 e. The van der Waals surface area contributed by atoms with E-state index in [1.165, 1.54) is 109 Å². The van der Waals surface area contributed by atoms with E-state index in [1.54, 1.807) is 0 Å². The molecule has 3 aliphatic heterocycles. The standard InChI is InChI=1S/C64H116N2O21/c1-4-6-8-10-12-14-16-18-19-20-21-22-23-24-25-26-28-30-32-34-36-38-51(74)66-45(46(71)37-35-33-31-29-27-17-15-13-11-9-7-5-2)43-82-61-56(78)55(77)58(50(42-69)84-61)85-62-57(79)60(54(76)49(41-68)83-62)87-64(63(80)81)39-47(72)52(65-44(3)70)59(86-64)53(75)48(73)40-67/h6,8,12,14,45-50,52-62,67-69,71-73,75-79H,4-5,7,9-11,13,15-43H2,1-3H3,(H,65,70)(H,66,74)(H,80,81)/b8-6-,14-12-. The van der Waals surface area contributed by atoms with Gasteiger partial charge < -0.3 is 100 Å². The molecule has 0 aromatic rings.